The summed E-state index contributed by atoms with van der Waals surface area (Å²) in [6.07, 6.45) is 4.64. The van der Waals surface area contributed by atoms with Gasteiger partial charge in [-0.1, -0.05) is 29.3 Å². The van der Waals surface area contributed by atoms with Crippen LogP contribution >= 0.6 is 23.2 Å². The Balaban J connectivity index is 1.24. The summed E-state index contributed by atoms with van der Waals surface area (Å²) in [5.74, 6) is -0.743. The molecule has 1 fully saturated rings. The van der Waals surface area contributed by atoms with Gasteiger partial charge in [-0.25, -0.2) is 9.37 Å². The van der Waals surface area contributed by atoms with Gasteiger partial charge in [0, 0.05) is 24.3 Å². The monoisotopic (exact) mass is 491 g/mol. The fraction of sp³-hybridized carbons (Fsp3) is 0.348. The van der Waals surface area contributed by atoms with Gasteiger partial charge in [-0.3, -0.25) is 9.59 Å². The van der Waals surface area contributed by atoms with E-state index in [1.807, 2.05) is 6.07 Å². The number of carbonyl (C=O) groups is 2. The Kier molecular flexibility index (Phi) is 7.17. The summed E-state index contributed by atoms with van der Waals surface area (Å²) < 4.78 is 13.3. The summed E-state index contributed by atoms with van der Waals surface area (Å²) in [5, 5.41) is 10.2. The van der Waals surface area contributed by atoms with Gasteiger partial charge in [0.1, 0.15) is 17.5 Å². The molecule has 0 radical (unpaired) electrons. The van der Waals surface area contributed by atoms with Crippen molar-refractivity contribution >= 4 is 46.0 Å². The minimum absolute atomic E-state index is 0.0967. The molecular formula is C23H24Cl2FN5O2. The molecular weight excluding hydrogens is 468 g/mol. The van der Waals surface area contributed by atoms with Crippen LogP contribution in [0.2, 0.25) is 10.0 Å². The van der Waals surface area contributed by atoms with Crippen LogP contribution in [0.25, 0.3) is 11.0 Å². The summed E-state index contributed by atoms with van der Waals surface area (Å²) in [6, 6.07) is 5.46. The average molecular weight is 492 g/mol. The second-order valence-corrected chi connectivity index (χ2v) is 9.15. The maximum absolute atomic E-state index is 13.3. The smallest absolute Gasteiger partial charge is 0.242 e. The number of carbonyl (C=O) groups excluding carboxylic acids is 2. The van der Waals surface area contributed by atoms with Crippen LogP contribution in [0, 0.1) is 11.7 Å². The van der Waals surface area contributed by atoms with Crippen molar-refractivity contribution in [3.05, 3.63) is 63.6 Å². The summed E-state index contributed by atoms with van der Waals surface area (Å²) >= 11 is 12.0. The number of rotatable bonds is 7. The third-order valence-electron chi connectivity index (χ3n) is 5.80. The number of hydrogen-bond donors (Lipinski definition) is 4. The van der Waals surface area contributed by atoms with Gasteiger partial charge in [-0.05, 0) is 61.6 Å². The Labute approximate surface area is 200 Å². The van der Waals surface area contributed by atoms with Crippen LogP contribution in [0.5, 0.6) is 0 Å². The van der Waals surface area contributed by atoms with Gasteiger partial charge in [0.15, 0.2) is 0 Å². The zero-order valence-corrected chi connectivity index (χ0v) is 19.4. The van der Waals surface area contributed by atoms with Crippen LogP contribution in [-0.2, 0) is 22.6 Å². The van der Waals surface area contributed by atoms with Gasteiger partial charge in [0.2, 0.25) is 11.8 Å². The lowest BCUT2D eigenvalue weighted by Crippen LogP contribution is -2.49. The summed E-state index contributed by atoms with van der Waals surface area (Å²) in [6.45, 7) is 2.57. The van der Waals surface area contributed by atoms with Crippen molar-refractivity contribution in [3.8, 4) is 0 Å². The molecule has 1 saturated heterocycles. The van der Waals surface area contributed by atoms with E-state index in [-0.39, 0.29) is 35.3 Å². The molecule has 3 atom stereocenters. The Morgan fingerprint density at radius 2 is 2.06 bits per heavy atom. The van der Waals surface area contributed by atoms with Gasteiger partial charge in [0.25, 0.3) is 0 Å². The number of nitrogens with one attached hydrogen (secondary N) is 4. The largest absolute Gasteiger partial charge is 0.350 e. The van der Waals surface area contributed by atoms with Crippen LogP contribution in [0.3, 0.4) is 0 Å². The van der Waals surface area contributed by atoms with Gasteiger partial charge >= 0.3 is 0 Å². The normalized spacial score (nSPS) is 18.9. The SMILES string of the molecule is CC(NC(=O)[C@H]1C[C@H](Cc2ccc(F)c(Cl)c2)CN1)C(=O)NCc1cnc2[nH]cc(Cl)c2c1. The molecule has 1 aliphatic heterocycles. The van der Waals surface area contributed by atoms with E-state index in [4.69, 9.17) is 23.2 Å². The van der Waals surface area contributed by atoms with Crippen LogP contribution in [0.15, 0.2) is 36.7 Å². The quantitative estimate of drug-likeness (QED) is 0.407. The molecule has 174 valence electrons. The summed E-state index contributed by atoms with van der Waals surface area (Å²) in [7, 11) is 0. The Hall–Kier alpha value is -2.68. The number of benzene rings is 1. The third kappa shape index (κ3) is 5.63. The number of H-pyrrole nitrogens is 1. The Morgan fingerprint density at radius 3 is 2.85 bits per heavy atom. The lowest BCUT2D eigenvalue weighted by Gasteiger charge is -2.17. The molecule has 1 aromatic carbocycles. The number of amides is 2. The first-order chi connectivity index (χ1) is 15.8. The fourth-order valence-corrected chi connectivity index (χ4v) is 4.40. The van der Waals surface area contributed by atoms with Crippen molar-refractivity contribution in [1.82, 2.24) is 25.9 Å². The number of pyridine rings is 1. The number of aromatic amines is 1. The highest BCUT2D eigenvalue weighted by molar-refractivity contribution is 6.35. The molecule has 0 bridgehead atoms. The van der Waals surface area contributed by atoms with E-state index in [0.717, 1.165) is 16.5 Å². The lowest BCUT2D eigenvalue weighted by atomic mass is 9.96. The molecule has 4 rings (SSSR count). The number of nitrogens with zero attached hydrogens (tertiary/aromatic N) is 1. The van der Waals surface area contributed by atoms with Gasteiger partial charge in [-0.2, -0.15) is 0 Å². The molecule has 2 amide bonds. The van der Waals surface area contributed by atoms with Crippen molar-refractivity contribution in [2.75, 3.05) is 6.54 Å². The van der Waals surface area contributed by atoms with Crippen LogP contribution in [0.4, 0.5) is 4.39 Å². The first-order valence-electron chi connectivity index (χ1n) is 10.7. The highest BCUT2D eigenvalue weighted by Gasteiger charge is 2.31. The van der Waals surface area contributed by atoms with Crippen LogP contribution in [-0.4, -0.2) is 40.4 Å². The molecule has 3 aromatic rings. The minimum Gasteiger partial charge on any atom is -0.350 e. The molecule has 1 aliphatic rings. The van der Waals surface area contributed by atoms with Crippen molar-refractivity contribution in [1.29, 1.82) is 0 Å². The van der Waals surface area contributed by atoms with E-state index >= 15 is 0 Å². The first kappa shape index (κ1) is 23.5. The van der Waals surface area contributed by atoms with Crippen molar-refractivity contribution in [3.63, 3.8) is 0 Å². The van der Waals surface area contributed by atoms with E-state index < -0.39 is 11.9 Å². The van der Waals surface area contributed by atoms with Crippen molar-refractivity contribution in [2.45, 2.75) is 38.4 Å². The molecule has 3 heterocycles. The van der Waals surface area contributed by atoms with Crippen molar-refractivity contribution in [2.24, 2.45) is 5.92 Å². The Bertz CT molecular complexity index is 1180. The number of aromatic nitrogens is 2. The molecule has 0 spiro atoms. The zero-order chi connectivity index (χ0) is 23.5. The van der Waals surface area contributed by atoms with E-state index in [1.54, 1.807) is 31.5 Å². The molecule has 1 unspecified atom stereocenters. The average Bonchev–Trinajstić information content (AvgIpc) is 3.41. The molecule has 33 heavy (non-hydrogen) atoms. The van der Waals surface area contributed by atoms with E-state index in [1.165, 1.54) is 6.07 Å². The van der Waals surface area contributed by atoms with Crippen LogP contribution in [0.1, 0.15) is 24.5 Å². The highest BCUT2D eigenvalue weighted by atomic mass is 35.5. The lowest BCUT2D eigenvalue weighted by molar-refractivity contribution is -0.129. The molecule has 0 saturated carbocycles. The zero-order valence-electron chi connectivity index (χ0n) is 17.9. The molecule has 10 heteroatoms. The van der Waals surface area contributed by atoms with E-state index in [2.05, 4.69) is 25.9 Å². The third-order valence-corrected chi connectivity index (χ3v) is 6.41. The minimum atomic E-state index is -0.693. The van der Waals surface area contributed by atoms with Gasteiger partial charge in [0.05, 0.1) is 16.1 Å². The second-order valence-electron chi connectivity index (χ2n) is 8.34. The molecule has 4 N–H and O–H groups in total. The fourth-order valence-electron chi connectivity index (χ4n) is 4.00. The topological polar surface area (TPSA) is 98.9 Å². The maximum Gasteiger partial charge on any atom is 0.242 e. The first-order valence-corrected chi connectivity index (χ1v) is 11.4. The molecule has 2 aromatic heterocycles. The van der Waals surface area contributed by atoms with Crippen molar-refractivity contribution < 1.29 is 14.0 Å². The predicted molar refractivity (Wildman–Crippen MR) is 126 cm³/mol. The predicted octanol–water partition coefficient (Wildman–Crippen LogP) is 3.35. The Morgan fingerprint density at radius 1 is 1.24 bits per heavy atom. The second kappa shape index (κ2) is 10.1. The number of fused-ring (bicyclic) bond motifs is 1. The number of halogens is 3. The van der Waals surface area contributed by atoms with E-state index in [0.29, 0.717) is 30.1 Å². The number of hydrogen-bond acceptors (Lipinski definition) is 4. The van der Waals surface area contributed by atoms with Gasteiger partial charge < -0.3 is 20.9 Å². The molecule has 7 nitrogen and oxygen atoms in total. The summed E-state index contributed by atoms with van der Waals surface area (Å²) in [5.41, 5.74) is 2.41. The summed E-state index contributed by atoms with van der Waals surface area (Å²) in [4.78, 5) is 32.3. The van der Waals surface area contributed by atoms with Crippen LogP contribution < -0.4 is 16.0 Å². The van der Waals surface area contributed by atoms with E-state index in [9.17, 15) is 14.0 Å². The standard InChI is InChI=1S/C23H24Cl2FN5O2/c1-12(22(32)30-10-15-5-16-18(25)11-29-21(16)28-9-15)31-23(33)20-7-14(8-27-20)4-13-2-3-19(26)17(24)6-13/h2-3,5-6,9,11-12,14,20,27H,4,7-8,10H2,1H3,(H,28,29)(H,30,32)(H,31,33)/t12?,14-,20+/m0/s1. The maximum atomic E-state index is 13.3. The molecule has 0 aliphatic carbocycles. The highest BCUT2D eigenvalue weighted by Crippen LogP contribution is 2.23. The van der Waals surface area contributed by atoms with Gasteiger partial charge in [-0.15, -0.1) is 0 Å².